The molecule has 0 amide bonds. The second-order valence-electron chi connectivity index (χ2n) is 4.02. The van der Waals surface area contributed by atoms with Gasteiger partial charge in [0.2, 0.25) is 0 Å². The molecular weight excluding hydrogens is 250 g/mol. The second kappa shape index (κ2) is 5.03. The van der Waals surface area contributed by atoms with Crippen molar-refractivity contribution in [3.8, 4) is 0 Å². The molecule has 2 aromatic rings. The van der Waals surface area contributed by atoms with Gasteiger partial charge in [-0.05, 0) is 37.3 Å². The van der Waals surface area contributed by atoms with E-state index >= 15 is 0 Å². The summed E-state index contributed by atoms with van der Waals surface area (Å²) in [5.41, 5.74) is 3.05. The molecule has 0 atom stereocenters. The van der Waals surface area contributed by atoms with Crippen LogP contribution in [0.2, 0.25) is 0 Å². The Morgan fingerprint density at radius 2 is 2.12 bits per heavy atom. The highest BCUT2D eigenvalue weighted by Crippen LogP contribution is 2.24. The quantitative estimate of drug-likeness (QED) is 0.755. The molecule has 0 N–H and O–H groups in total. The van der Waals surface area contributed by atoms with Gasteiger partial charge in [-0.15, -0.1) is 0 Å². The Balaban J connectivity index is 2.59. The smallest absolute Gasteiger partial charge is 0.0690 e. The third-order valence-electron chi connectivity index (χ3n) is 2.74. The van der Waals surface area contributed by atoms with Crippen LogP contribution in [0.15, 0.2) is 40.3 Å². The minimum absolute atomic E-state index is 0.748. The van der Waals surface area contributed by atoms with Crippen molar-refractivity contribution in [2.24, 2.45) is 0 Å². The van der Waals surface area contributed by atoms with Crippen molar-refractivity contribution in [1.82, 2.24) is 4.98 Å². The first-order valence-electron chi connectivity index (χ1n) is 5.47. The summed E-state index contributed by atoms with van der Waals surface area (Å²) in [5.74, 6) is 0. The lowest BCUT2D eigenvalue weighted by Gasteiger charge is -2.18. The van der Waals surface area contributed by atoms with E-state index in [1.165, 1.54) is 0 Å². The molecule has 0 unspecified atom stereocenters. The van der Waals surface area contributed by atoms with Gasteiger partial charge in [0.05, 0.1) is 5.52 Å². The van der Waals surface area contributed by atoms with Gasteiger partial charge in [-0.25, -0.2) is 0 Å². The van der Waals surface area contributed by atoms with E-state index in [0.717, 1.165) is 38.5 Å². The number of pyridine rings is 1. The summed E-state index contributed by atoms with van der Waals surface area (Å²) >= 11 is 11.4. The fourth-order valence-corrected chi connectivity index (χ4v) is 2.30. The Labute approximate surface area is 112 Å². The van der Waals surface area contributed by atoms with E-state index in [1.54, 1.807) is 0 Å². The molecule has 0 aliphatic rings. The van der Waals surface area contributed by atoms with E-state index < -0.39 is 0 Å². The van der Waals surface area contributed by atoms with Crippen molar-refractivity contribution in [3.63, 3.8) is 0 Å². The third-order valence-corrected chi connectivity index (χ3v) is 3.36. The van der Waals surface area contributed by atoms with Crippen LogP contribution in [0.1, 0.15) is 18.2 Å². The fraction of sp³-hybridized carbons (Fsp3) is 0.214. The van der Waals surface area contributed by atoms with E-state index in [1.807, 2.05) is 44.2 Å². The zero-order valence-electron chi connectivity index (χ0n) is 9.83. The highest BCUT2D eigenvalue weighted by Gasteiger charge is 2.03. The fourth-order valence-electron chi connectivity index (χ4n) is 1.82. The maximum Gasteiger partial charge on any atom is 0.0690 e. The van der Waals surface area contributed by atoms with Crippen LogP contribution in [0.5, 0.6) is 0 Å². The van der Waals surface area contributed by atoms with E-state index in [4.69, 9.17) is 24.2 Å². The SMILES string of the molecule is C/C(Cl)=C/Cc1c(C)nc2ccccc2c1[S-]. The van der Waals surface area contributed by atoms with E-state index in [2.05, 4.69) is 4.98 Å². The summed E-state index contributed by atoms with van der Waals surface area (Å²) in [6, 6.07) is 7.98. The van der Waals surface area contributed by atoms with Crippen LogP contribution in [0.25, 0.3) is 10.9 Å². The predicted molar refractivity (Wildman–Crippen MR) is 75.4 cm³/mol. The number of hydrogen-bond acceptors (Lipinski definition) is 2. The molecule has 0 bridgehead atoms. The number of fused-ring (bicyclic) bond motifs is 1. The molecule has 1 aromatic carbocycles. The highest BCUT2D eigenvalue weighted by atomic mass is 35.5. The van der Waals surface area contributed by atoms with Crippen LogP contribution in [0.4, 0.5) is 0 Å². The number of rotatable bonds is 2. The summed E-state index contributed by atoms with van der Waals surface area (Å²) in [4.78, 5) is 5.47. The minimum Gasteiger partial charge on any atom is -0.779 e. The normalized spacial score (nSPS) is 12.1. The number of aromatic nitrogens is 1. The molecule has 3 heteroatoms. The van der Waals surface area contributed by atoms with E-state index in [-0.39, 0.29) is 0 Å². The maximum atomic E-state index is 5.86. The lowest BCUT2D eigenvalue weighted by molar-refractivity contribution is 1.08. The van der Waals surface area contributed by atoms with E-state index in [9.17, 15) is 0 Å². The molecule has 0 spiro atoms. The number of hydrogen-bond donors (Lipinski definition) is 0. The van der Waals surface area contributed by atoms with Crippen molar-refractivity contribution in [1.29, 1.82) is 0 Å². The van der Waals surface area contributed by atoms with Crippen molar-refractivity contribution in [3.05, 3.63) is 46.6 Å². The predicted octanol–water partition coefficient (Wildman–Crippen LogP) is 4.13. The van der Waals surface area contributed by atoms with E-state index in [0.29, 0.717) is 0 Å². The lowest BCUT2D eigenvalue weighted by Crippen LogP contribution is -1.97. The summed E-state index contributed by atoms with van der Waals surface area (Å²) in [6.07, 6.45) is 2.72. The minimum atomic E-state index is 0.748. The molecular formula is C14H13ClNS-. The van der Waals surface area contributed by atoms with Crippen molar-refractivity contribution in [2.75, 3.05) is 0 Å². The lowest BCUT2D eigenvalue weighted by atomic mass is 10.1. The third kappa shape index (κ3) is 2.59. The molecule has 0 saturated heterocycles. The summed E-state index contributed by atoms with van der Waals surface area (Å²) < 4.78 is 0. The Bertz CT molecular complexity index is 586. The average molecular weight is 263 g/mol. The topological polar surface area (TPSA) is 12.9 Å². The van der Waals surface area contributed by atoms with Crippen LogP contribution in [-0.4, -0.2) is 4.98 Å². The van der Waals surface area contributed by atoms with Gasteiger partial charge in [0.15, 0.2) is 0 Å². The van der Waals surface area contributed by atoms with Crippen molar-refractivity contribution in [2.45, 2.75) is 25.2 Å². The molecule has 2 rings (SSSR count). The van der Waals surface area contributed by atoms with Crippen molar-refractivity contribution < 1.29 is 0 Å². The molecule has 0 aliphatic heterocycles. The maximum absolute atomic E-state index is 5.86. The Kier molecular flexibility index (Phi) is 3.65. The first-order chi connectivity index (χ1) is 8.09. The molecule has 88 valence electrons. The van der Waals surface area contributed by atoms with Gasteiger partial charge in [0.25, 0.3) is 0 Å². The summed E-state index contributed by atoms with van der Waals surface area (Å²) in [5, 5.41) is 1.83. The standard InChI is InChI=1S/C14H14ClNS/c1-9(15)7-8-11-10(2)16-13-6-4-3-5-12(13)14(11)17/h3-7H,8H2,1-2H3,(H,16,17)/p-1/b9-7-. The van der Waals surface area contributed by atoms with Crippen LogP contribution < -0.4 is 0 Å². The first-order valence-corrected chi connectivity index (χ1v) is 6.25. The molecule has 1 heterocycles. The van der Waals surface area contributed by atoms with Gasteiger partial charge in [-0.1, -0.05) is 35.9 Å². The molecule has 0 radical (unpaired) electrons. The van der Waals surface area contributed by atoms with Gasteiger partial charge >= 0.3 is 0 Å². The highest BCUT2D eigenvalue weighted by molar-refractivity contribution is 7.59. The largest absolute Gasteiger partial charge is 0.779 e. The monoisotopic (exact) mass is 262 g/mol. The number of para-hydroxylation sites is 1. The Hall–Kier alpha value is -1.12. The zero-order chi connectivity index (χ0) is 12.4. The van der Waals surface area contributed by atoms with Gasteiger partial charge in [-0.2, -0.15) is 4.90 Å². The molecule has 1 aromatic heterocycles. The Morgan fingerprint density at radius 3 is 2.82 bits per heavy atom. The van der Waals surface area contributed by atoms with Crippen molar-refractivity contribution >= 4 is 35.1 Å². The molecule has 0 fully saturated rings. The van der Waals surface area contributed by atoms with Gasteiger partial charge < -0.3 is 12.6 Å². The molecule has 17 heavy (non-hydrogen) atoms. The Morgan fingerprint density at radius 1 is 1.41 bits per heavy atom. The van der Waals surface area contributed by atoms with Crippen LogP contribution in [0, 0.1) is 6.92 Å². The first kappa shape index (κ1) is 12.3. The van der Waals surface area contributed by atoms with Crippen LogP contribution in [0.3, 0.4) is 0 Å². The van der Waals surface area contributed by atoms with Gasteiger partial charge in [0, 0.05) is 10.7 Å². The number of aryl methyl sites for hydroxylation is 1. The summed E-state index contributed by atoms with van der Waals surface area (Å²) in [7, 11) is 0. The summed E-state index contributed by atoms with van der Waals surface area (Å²) in [6.45, 7) is 3.86. The molecule has 0 aliphatic carbocycles. The second-order valence-corrected chi connectivity index (χ2v) is 5.02. The molecule has 1 nitrogen and oxygen atoms in total. The number of halogens is 1. The van der Waals surface area contributed by atoms with Crippen LogP contribution >= 0.6 is 11.6 Å². The molecule has 0 saturated carbocycles. The zero-order valence-corrected chi connectivity index (χ0v) is 11.4. The van der Waals surface area contributed by atoms with Gasteiger partial charge in [0.1, 0.15) is 0 Å². The number of allylic oxidation sites excluding steroid dienone is 2. The van der Waals surface area contributed by atoms with Crippen LogP contribution in [-0.2, 0) is 19.0 Å². The number of nitrogens with zero attached hydrogens (tertiary/aromatic N) is 1. The number of benzene rings is 1. The average Bonchev–Trinajstić information content (AvgIpc) is 2.28. The van der Waals surface area contributed by atoms with Gasteiger partial charge in [-0.3, -0.25) is 4.98 Å².